The molecule has 400 valence electrons. The monoisotopic (exact) mass is 1030 g/mol. The Morgan fingerprint density at radius 1 is 0.795 bits per heavy atom. The van der Waals surface area contributed by atoms with Crippen molar-refractivity contribution in [1.29, 1.82) is 0 Å². The highest BCUT2D eigenvalue weighted by molar-refractivity contribution is 8.00. The number of aromatic nitrogens is 2. The van der Waals surface area contributed by atoms with Gasteiger partial charge in [-0.2, -0.15) is 16.7 Å². The molecule has 0 radical (unpaired) electrons. The van der Waals surface area contributed by atoms with Gasteiger partial charge in [0.15, 0.2) is 11.6 Å². The SMILES string of the molecule is Cc1cccc(Nc2nc(Nc3cccc(NC(=O)/C=C/CN(C)CCCCNC(=O)CCCC(=O)NCCCOCCOCCOCCCNC(=O)CCCC[C@@H]4SC[C@]5(C)NC(=O)N[C@H]45)c3)ncc2F)c1. The van der Waals surface area contributed by atoms with Crippen LogP contribution in [0.25, 0.3) is 0 Å². The van der Waals surface area contributed by atoms with Gasteiger partial charge in [0.25, 0.3) is 0 Å². The number of nitrogens with one attached hydrogen (secondary N) is 8. The molecule has 21 heteroatoms. The summed E-state index contributed by atoms with van der Waals surface area (Å²) in [6.07, 6.45) is 11.8. The van der Waals surface area contributed by atoms with E-state index in [4.69, 9.17) is 14.2 Å². The van der Waals surface area contributed by atoms with Gasteiger partial charge in [-0.25, -0.2) is 14.2 Å². The van der Waals surface area contributed by atoms with Crippen LogP contribution in [0.3, 0.4) is 0 Å². The van der Waals surface area contributed by atoms with Gasteiger partial charge >= 0.3 is 6.03 Å². The summed E-state index contributed by atoms with van der Waals surface area (Å²) in [7, 11) is 1.96. The number of urea groups is 1. The number of hydrogen-bond acceptors (Lipinski definition) is 14. The molecule has 19 nitrogen and oxygen atoms in total. The minimum atomic E-state index is -0.587. The number of nitrogens with zero attached hydrogens (tertiary/aromatic N) is 3. The van der Waals surface area contributed by atoms with Crippen LogP contribution in [0.15, 0.2) is 66.9 Å². The average molecular weight is 1030 g/mol. The lowest BCUT2D eigenvalue weighted by Crippen LogP contribution is -2.47. The number of aryl methyl sites for hydroxylation is 1. The second kappa shape index (κ2) is 32.3. The summed E-state index contributed by atoms with van der Waals surface area (Å²) in [5, 5.41) is 24.1. The van der Waals surface area contributed by atoms with Crippen LogP contribution in [0, 0.1) is 12.7 Å². The van der Waals surface area contributed by atoms with E-state index in [-0.39, 0.29) is 65.8 Å². The second-order valence-electron chi connectivity index (χ2n) is 18.5. The number of rotatable bonds is 36. The van der Waals surface area contributed by atoms with Crippen molar-refractivity contribution in [2.24, 2.45) is 0 Å². The molecule has 73 heavy (non-hydrogen) atoms. The molecule has 2 aromatic carbocycles. The Kier molecular flexibility index (Phi) is 25.7. The van der Waals surface area contributed by atoms with E-state index < -0.39 is 5.82 Å². The molecule has 0 saturated carbocycles. The number of halogens is 1. The van der Waals surface area contributed by atoms with Gasteiger partial charge in [0.05, 0.1) is 44.2 Å². The number of unbranched alkanes of at least 4 members (excludes halogenated alkanes) is 2. The smallest absolute Gasteiger partial charge is 0.315 e. The number of carbonyl (C=O) groups is 5. The van der Waals surface area contributed by atoms with Crippen LogP contribution in [0.1, 0.15) is 83.1 Å². The van der Waals surface area contributed by atoms with Crippen molar-refractivity contribution >= 4 is 70.3 Å². The van der Waals surface area contributed by atoms with E-state index in [1.807, 2.05) is 50.0 Å². The lowest BCUT2D eigenvalue weighted by molar-refractivity contribution is -0.123. The summed E-state index contributed by atoms with van der Waals surface area (Å²) in [6, 6.07) is 14.7. The number of likely N-dealkylation sites (N-methyl/N-ethyl adjacent to an activating group) is 1. The van der Waals surface area contributed by atoms with Crippen LogP contribution in [0.5, 0.6) is 0 Å². The number of hydrogen-bond donors (Lipinski definition) is 8. The number of anilines is 5. The molecule has 0 aliphatic carbocycles. The summed E-state index contributed by atoms with van der Waals surface area (Å²) >= 11 is 1.90. The van der Waals surface area contributed by atoms with E-state index in [9.17, 15) is 28.4 Å². The summed E-state index contributed by atoms with van der Waals surface area (Å²) < 4.78 is 31.2. The third-order valence-electron chi connectivity index (χ3n) is 12.0. The molecule has 2 fully saturated rings. The third kappa shape index (κ3) is 22.8. The number of ether oxygens (including phenoxy) is 3. The van der Waals surface area contributed by atoms with Crippen molar-refractivity contribution < 1.29 is 42.6 Å². The lowest BCUT2D eigenvalue weighted by atomic mass is 9.92. The van der Waals surface area contributed by atoms with Crippen LogP contribution in [0.4, 0.5) is 38.0 Å². The summed E-state index contributed by atoms with van der Waals surface area (Å²) in [6.45, 7) is 9.88. The third-order valence-corrected chi connectivity index (χ3v) is 13.7. The molecular weight excluding hydrogens is 958 g/mol. The van der Waals surface area contributed by atoms with Crippen LogP contribution < -0.4 is 42.5 Å². The lowest BCUT2D eigenvalue weighted by Gasteiger charge is -2.23. The normalized spacial score (nSPS) is 17.0. The van der Waals surface area contributed by atoms with Gasteiger partial charge in [0.2, 0.25) is 29.6 Å². The number of thioether (sulfide) groups is 1. The van der Waals surface area contributed by atoms with E-state index in [1.165, 1.54) is 6.08 Å². The molecule has 2 saturated heterocycles. The Hall–Kier alpha value is -5.87. The van der Waals surface area contributed by atoms with Gasteiger partial charge in [0.1, 0.15) is 0 Å². The Labute approximate surface area is 433 Å². The van der Waals surface area contributed by atoms with E-state index in [2.05, 4.69) is 64.3 Å². The predicted octanol–water partition coefficient (Wildman–Crippen LogP) is 6.08. The van der Waals surface area contributed by atoms with Gasteiger partial charge in [0, 0.05) is 92.8 Å². The van der Waals surface area contributed by atoms with Crippen molar-refractivity contribution in [2.45, 2.75) is 101 Å². The fourth-order valence-corrected chi connectivity index (χ4v) is 9.81. The first-order valence-electron chi connectivity index (χ1n) is 25.5. The maximum atomic E-state index is 14.5. The van der Waals surface area contributed by atoms with Gasteiger partial charge in [-0.15, -0.1) is 0 Å². The maximum Gasteiger partial charge on any atom is 0.315 e. The highest BCUT2D eigenvalue weighted by Crippen LogP contribution is 2.39. The first kappa shape index (κ1) is 58.0. The molecule has 0 spiro atoms. The molecular formula is C52H76FN11O8S. The Morgan fingerprint density at radius 3 is 2.10 bits per heavy atom. The van der Waals surface area contributed by atoms with Crippen LogP contribution in [-0.4, -0.2) is 147 Å². The van der Waals surface area contributed by atoms with Crippen LogP contribution in [0.2, 0.25) is 0 Å². The highest BCUT2D eigenvalue weighted by atomic mass is 32.2. The molecule has 1 aromatic heterocycles. The van der Waals surface area contributed by atoms with Crippen molar-refractivity contribution in [3.05, 3.63) is 78.3 Å². The summed E-state index contributed by atoms with van der Waals surface area (Å²) in [4.78, 5) is 71.4. The molecule has 2 aliphatic rings. The zero-order valence-electron chi connectivity index (χ0n) is 42.7. The minimum absolute atomic E-state index is 0.0369. The largest absolute Gasteiger partial charge is 0.379 e. The maximum absolute atomic E-state index is 14.5. The molecule has 0 bridgehead atoms. The van der Waals surface area contributed by atoms with Crippen molar-refractivity contribution in [3.8, 4) is 0 Å². The molecule has 6 amide bonds. The van der Waals surface area contributed by atoms with Crippen LogP contribution in [-0.2, 0) is 33.4 Å². The predicted molar refractivity (Wildman–Crippen MR) is 284 cm³/mol. The number of carbonyl (C=O) groups excluding carboxylic acids is 5. The number of amides is 6. The van der Waals surface area contributed by atoms with E-state index >= 15 is 0 Å². The Morgan fingerprint density at radius 2 is 1.41 bits per heavy atom. The molecule has 3 atom stereocenters. The number of fused-ring (bicyclic) bond motifs is 1. The summed E-state index contributed by atoms with van der Waals surface area (Å²) in [5.74, 6) is 0.168. The Bertz CT molecular complexity index is 2240. The molecule has 2 aliphatic heterocycles. The van der Waals surface area contributed by atoms with Gasteiger partial charge in [-0.1, -0.05) is 30.7 Å². The molecule has 3 heterocycles. The molecule has 0 unspecified atom stereocenters. The van der Waals surface area contributed by atoms with E-state index in [1.54, 1.807) is 30.3 Å². The van der Waals surface area contributed by atoms with Crippen LogP contribution >= 0.6 is 11.8 Å². The minimum Gasteiger partial charge on any atom is -0.379 e. The summed E-state index contributed by atoms with van der Waals surface area (Å²) in [5.41, 5.74) is 2.74. The van der Waals surface area contributed by atoms with E-state index in [0.29, 0.717) is 107 Å². The fourth-order valence-electron chi connectivity index (χ4n) is 8.11. The standard InChI is InChI=1S/C52H76FN11O8S/c1-38-14-8-15-39(34-38)59-49-42(53)36-57-50(62-49)60-41-17-9-16-40(35-41)58-47(68)22-11-27-64(3)26-7-6-23-54-45(66)20-10-21-46(67)56-25-13-29-71-31-33-72-32-30-70-28-12-24-55-44(65)19-5-4-18-43-48-52(2,37-73-43)63-51(69)61-48/h8-9,11,14-17,22,34-36,43,48H,4-7,10,12-13,18-21,23-33,37H2,1-3H3,(H,54,66)(H,55,65)(H,56,67)(H,58,68)(H2,61,63,69)(H2,57,59,60,62)/b22-11+/t43-,48+,52-/m0/s1. The van der Waals surface area contributed by atoms with Gasteiger partial charge in [-0.05, 0) is 108 Å². The molecule has 8 N–H and O–H groups in total. The van der Waals surface area contributed by atoms with Crippen molar-refractivity contribution in [2.75, 3.05) is 101 Å². The highest BCUT2D eigenvalue weighted by Gasteiger charge is 2.51. The van der Waals surface area contributed by atoms with Gasteiger partial charge in [-0.3, -0.25) is 19.2 Å². The fraction of sp³-hybridized carbons (Fsp3) is 0.558. The molecule has 3 aromatic rings. The average Bonchev–Trinajstić information content (AvgIpc) is 3.82. The zero-order valence-corrected chi connectivity index (χ0v) is 43.5. The topological polar surface area (TPSA) is 238 Å². The zero-order chi connectivity index (χ0) is 52.1. The first-order valence-corrected chi connectivity index (χ1v) is 26.5. The van der Waals surface area contributed by atoms with Crippen molar-refractivity contribution in [3.63, 3.8) is 0 Å². The quantitative estimate of drug-likeness (QED) is 0.0187. The second-order valence-corrected chi connectivity index (χ2v) is 19.7. The Balaban J connectivity index is 0.755. The van der Waals surface area contributed by atoms with Gasteiger partial charge < -0.3 is 61.6 Å². The first-order chi connectivity index (χ1) is 35.3. The van der Waals surface area contributed by atoms with E-state index in [0.717, 1.165) is 62.6 Å². The van der Waals surface area contributed by atoms with Crippen molar-refractivity contribution in [1.82, 2.24) is 41.5 Å². The molecule has 5 rings (SSSR count). The number of benzene rings is 2.